The van der Waals surface area contributed by atoms with E-state index in [9.17, 15) is 0 Å². The Kier molecular flexibility index (Phi) is 9.93. The molecule has 1 aromatic heterocycles. The molecule has 0 fully saturated rings. The molecule has 1 N–H and O–H groups in total. The summed E-state index contributed by atoms with van der Waals surface area (Å²) in [5.74, 6) is 2.59. The van der Waals surface area contributed by atoms with Gasteiger partial charge in [0.1, 0.15) is 12.4 Å². The van der Waals surface area contributed by atoms with Crippen LogP contribution in [0.1, 0.15) is 37.0 Å². The first-order valence-electron chi connectivity index (χ1n) is 8.60. The third-order valence-electron chi connectivity index (χ3n) is 4.04. The van der Waals surface area contributed by atoms with Crippen LogP contribution in [0, 0.1) is 6.92 Å². The molecular weight excluding hydrogens is 463 g/mol. The molecular formula is C18H28ClIN6. The number of aliphatic imine (C=N–C) groups is 1. The second-order valence-electron chi connectivity index (χ2n) is 6.13. The summed E-state index contributed by atoms with van der Waals surface area (Å²) >= 11 is 6.09. The molecule has 0 radical (unpaired) electrons. The fourth-order valence-electron chi connectivity index (χ4n) is 2.41. The lowest BCUT2D eigenvalue weighted by Gasteiger charge is -2.22. The highest BCUT2D eigenvalue weighted by Crippen LogP contribution is 2.12. The van der Waals surface area contributed by atoms with E-state index in [2.05, 4.69) is 33.4 Å². The van der Waals surface area contributed by atoms with Gasteiger partial charge in [0.2, 0.25) is 0 Å². The second kappa shape index (κ2) is 11.4. The SMILES string of the molecule is CCCCNC(=NCc1nnc(C)n1C)N(C)Cc1cccc(Cl)c1.I. The van der Waals surface area contributed by atoms with Crippen LogP contribution >= 0.6 is 35.6 Å². The van der Waals surface area contributed by atoms with Crippen molar-refractivity contribution in [3.05, 3.63) is 46.5 Å². The Morgan fingerprint density at radius 1 is 1.35 bits per heavy atom. The van der Waals surface area contributed by atoms with Gasteiger partial charge in [-0.15, -0.1) is 34.2 Å². The average Bonchev–Trinajstić information content (AvgIpc) is 2.90. The molecule has 1 heterocycles. The molecule has 0 bridgehead atoms. The number of benzene rings is 1. The number of aromatic nitrogens is 3. The standard InChI is InChI=1S/C18H27ClN6.HI/c1-5-6-10-20-18(21-12-17-23-22-14(2)25(17)4)24(3)13-15-8-7-9-16(19)11-15;/h7-9,11H,5-6,10,12-13H2,1-4H3,(H,20,21);1H. The number of halogens is 2. The molecule has 0 saturated carbocycles. The van der Waals surface area contributed by atoms with Crippen molar-refractivity contribution in [2.75, 3.05) is 13.6 Å². The molecule has 144 valence electrons. The third kappa shape index (κ3) is 6.75. The monoisotopic (exact) mass is 490 g/mol. The molecule has 0 aliphatic rings. The summed E-state index contributed by atoms with van der Waals surface area (Å²) in [7, 11) is 3.99. The minimum absolute atomic E-state index is 0. The number of guanidine groups is 1. The first kappa shape index (κ1) is 22.7. The lowest BCUT2D eigenvalue weighted by atomic mass is 10.2. The Bertz CT molecular complexity index is 715. The Hall–Kier alpha value is -1.35. The molecule has 2 rings (SSSR count). The van der Waals surface area contributed by atoms with E-state index in [1.165, 1.54) is 0 Å². The normalized spacial score (nSPS) is 11.2. The van der Waals surface area contributed by atoms with Crippen molar-refractivity contribution in [2.45, 2.75) is 39.8 Å². The summed E-state index contributed by atoms with van der Waals surface area (Å²) < 4.78 is 1.96. The first-order chi connectivity index (χ1) is 12.0. The molecule has 0 aliphatic heterocycles. The van der Waals surface area contributed by atoms with Gasteiger partial charge in [-0.2, -0.15) is 0 Å². The number of hydrogen-bond acceptors (Lipinski definition) is 3. The van der Waals surface area contributed by atoms with Gasteiger partial charge in [0, 0.05) is 32.2 Å². The highest BCUT2D eigenvalue weighted by Gasteiger charge is 2.09. The van der Waals surface area contributed by atoms with E-state index in [1.54, 1.807) is 0 Å². The van der Waals surface area contributed by atoms with E-state index in [0.717, 1.165) is 54.1 Å². The molecule has 0 aliphatic carbocycles. The quantitative estimate of drug-likeness (QED) is 0.278. The van der Waals surface area contributed by atoms with Crippen LogP contribution in [0.4, 0.5) is 0 Å². The largest absolute Gasteiger partial charge is 0.356 e. The van der Waals surface area contributed by atoms with Crippen molar-refractivity contribution in [3.8, 4) is 0 Å². The van der Waals surface area contributed by atoms with Crippen molar-refractivity contribution in [1.82, 2.24) is 25.0 Å². The number of nitrogens with zero attached hydrogens (tertiary/aromatic N) is 5. The number of rotatable bonds is 7. The lowest BCUT2D eigenvalue weighted by Crippen LogP contribution is -2.39. The maximum atomic E-state index is 6.09. The Morgan fingerprint density at radius 3 is 2.73 bits per heavy atom. The van der Waals surface area contributed by atoms with E-state index in [1.807, 2.05) is 43.8 Å². The molecule has 2 aromatic rings. The van der Waals surface area contributed by atoms with Gasteiger partial charge in [-0.05, 0) is 31.0 Å². The zero-order valence-corrected chi connectivity index (χ0v) is 19.0. The second-order valence-corrected chi connectivity index (χ2v) is 6.57. The Balaban J connectivity index is 0.00000338. The minimum atomic E-state index is 0. The van der Waals surface area contributed by atoms with E-state index >= 15 is 0 Å². The smallest absolute Gasteiger partial charge is 0.194 e. The van der Waals surface area contributed by atoms with Gasteiger partial charge in [0.25, 0.3) is 0 Å². The van der Waals surface area contributed by atoms with Crippen LogP contribution < -0.4 is 5.32 Å². The van der Waals surface area contributed by atoms with Crippen LogP contribution in [0.15, 0.2) is 29.3 Å². The number of nitrogens with one attached hydrogen (secondary N) is 1. The predicted octanol–water partition coefficient (Wildman–Crippen LogP) is 3.77. The summed E-state index contributed by atoms with van der Waals surface area (Å²) in [6, 6.07) is 7.90. The van der Waals surface area contributed by atoms with Gasteiger partial charge in [0.15, 0.2) is 11.8 Å². The maximum Gasteiger partial charge on any atom is 0.194 e. The fraction of sp³-hybridized carbons (Fsp3) is 0.500. The molecule has 1 aromatic carbocycles. The maximum absolute atomic E-state index is 6.09. The van der Waals surface area contributed by atoms with Gasteiger partial charge in [0.05, 0.1) is 0 Å². The summed E-state index contributed by atoms with van der Waals surface area (Å²) in [6.07, 6.45) is 2.24. The van der Waals surface area contributed by atoms with Gasteiger partial charge in [-0.1, -0.05) is 37.1 Å². The molecule has 26 heavy (non-hydrogen) atoms. The van der Waals surface area contributed by atoms with Crippen LogP contribution in [0.25, 0.3) is 0 Å². The Labute approximate surface area is 178 Å². The highest BCUT2D eigenvalue weighted by molar-refractivity contribution is 14.0. The summed E-state index contributed by atoms with van der Waals surface area (Å²) in [5, 5.41) is 12.5. The summed E-state index contributed by atoms with van der Waals surface area (Å²) in [4.78, 5) is 6.84. The van der Waals surface area contributed by atoms with E-state index in [0.29, 0.717) is 6.54 Å². The molecule has 0 saturated heterocycles. The molecule has 6 nitrogen and oxygen atoms in total. The zero-order valence-electron chi connectivity index (χ0n) is 15.9. The summed E-state index contributed by atoms with van der Waals surface area (Å²) in [5.41, 5.74) is 1.15. The van der Waals surface area contributed by atoms with Crippen molar-refractivity contribution < 1.29 is 0 Å². The summed E-state index contributed by atoms with van der Waals surface area (Å²) in [6.45, 7) is 6.23. The third-order valence-corrected chi connectivity index (χ3v) is 4.27. The van der Waals surface area contributed by atoms with Crippen molar-refractivity contribution >= 4 is 41.5 Å². The molecule has 8 heteroatoms. The van der Waals surface area contributed by atoms with Crippen molar-refractivity contribution in [2.24, 2.45) is 12.0 Å². The van der Waals surface area contributed by atoms with Gasteiger partial charge < -0.3 is 14.8 Å². The predicted molar refractivity (Wildman–Crippen MR) is 118 cm³/mol. The van der Waals surface area contributed by atoms with Crippen LogP contribution in [-0.2, 0) is 20.1 Å². The number of aryl methyl sites for hydroxylation is 1. The lowest BCUT2D eigenvalue weighted by molar-refractivity contribution is 0.472. The molecule has 0 unspecified atom stereocenters. The van der Waals surface area contributed by atoms with E-state index in [-0.39, 0.29) is 24.0 Å². The average molecular weight is 491 g/mol. The highest BCUT2D eigenvalue weighted by atomic mass is 127. The van der Waals surface area contributed by atoms with E-state index in [4.69, 9.17) is 16.6 Å². The van der Waals surface area contributed by atoms with Crippen LogP contribution in [0.3, 0.4) is 0 Å². The van der Waals surface area contributed by atoms with Crippen LogP contribution in [-0.4, -0.2) is 39.2 Å². The van der Waals surface area contributed by atoms with Gasteiger partial charge in [-0.3, -0.25) is 0 Å². The first-order valence-corrected chi connectivity index (χ1v) is 8.97. The van der Waals surface area contributed by atoms with Crippen molar-refractivity contribution in [3.63, 3.8) is 0 Å². The minimum Gasteiger partial charge on any atom is -0.356 e. The zero-order chi connectivity index (χ0) is 18.2. The molecule has 0 atom stereocenters. The number of unbranched alkanes of at least 4 members (excludes halogenated alkanes) is 1. The van der Waals surface area contributed by atoms with Gasteiger partial charge >= 0.3 is 0 Å². The van der Waals surface area contributed by atoms with Crippen LogP contribution in [0.5, 0.6) is 0 Å². The Morgan fingerprint density at radius 2 is 2.12 bits per heavy atom. The van der Waals surface area contributed by atoms with Crippen molar-refractivity contribution in [1.29, 1.82) is 0 Å². The molecule has 0 spiro atoms. The van der Waals surface area contributed by atoms with Gasteiger partial charge in [-0.25, -0.2) is 4.99 Å². The topological polar surface area (TPSA) is 58.3 Å². The fourth-order valence-corrected chi connectivity index (χ4v) is 2.62. The number of hydrogen-bond donors (Lipinski definition) is 1. The van der Waals surface area contributed by atoms with E-state index < -0.39 is 0 Å². The van der Waals surface area contributed by atoms with Crippen LogP contribution in [0.2, 0.25) is 5.02 Å². The molecule has 0 amide bonds.